The van der Waals surface area contributed by atoms with Crippen LogP contribution in [0.25, 0.3) is 10.9 Å². The molecule has 0 radical (unpaired) electrons. The Balaban J connectivity index is 2.06. The Kier molecular flexibility index (Phi) is 3.81. The molecule has 7 nitrogen and oxygen atoms in total. The Morgan fingerprint density at radius 1 is 1.36 bits per heavy atom. The highest BCUT2D eigenvalue weighted by molar-refractivity contribution is 6.08. The fourth-order valence-electron chi connectivity index (χ4n) is 2.59. The summed E-state index contributed by atoms with van der Waals surface area (Å²) in [6.45, 7) is 3.48. The fraction of sp³-hybridized carbons (Fsp3) is 0.400. The first-order valence-corrected chi connectivity index (χ1v) is 7.17. The first kappa shape index (κ1) is 14.5. The Bertz CT molecular complexity index is 738. The van der Waals surface area contributed by atoms with Crippen molar-refractivity contribution in [2.45, 2.75) is 19.9 Å². The van der Waals surface area contributed by atoms with Crippen LogP contribution in [0.2, 0.25) is 0 Å². The second-order valence-electron chi connectivity index (χ2n) is 5.32. The molecule has 22 heavy (non-hydrogen) atoms. The highest BCUT2D eigenvalue weighted by Gasteiger charge is 2.28. The number of aromatic nitrogens is 2. The van der Waals surface area contributed by atoms with E-state index in [2.05, 4.69) is 10.4 Å². The lowest BCUT2D eigenvalue weighted by atomic mass is 10.1. The Labute approximate surface area is 127 Å². The SMILES string of the molecule is COCCn1nc(N2CCC(=O)NC2=O)c2cc(C)ccc21. The maximum absolute atomic E-state index is 12.1. The van der Waals surface area contributed by atoms with Gasteiger partial charge in [0, 0.05) is 25.5 Å². The number of methoxy groups -OCH3 is 1. The van der Waals surface area contributed by atoms with Crippen molar-refractivity contribution in [3.8, 4) is 0 Å². The van der Waals surface area contributed by atoms with Gasteiger partial charge < -0.3 is 4.74 Å². The third kappa shape index (κ3) is 2.55. The Morgan fingerprint density at radius 2 is 2.18 bits per heavy atom. The summed E-state index contributed by atoms with van der Waals surface area (Å²) in [5.74, 6) is 0.334. The van der Waals surface area contributed by atoms with Crippen LogP contribution in [0.15, 0.2) is 18.2 Å². The zero-order valence-electron chi connectivity index (χ0n) is 12.6. The molecule has 1 aromatic carbocycles. The van der Waals surface area contributed by atoms with Crippen LogP contribution < -0.4 is 10.2 Å². The van der Waals surface area contributed by atoms with Crippen LogP contribution in [0.1, 0.15) is 12.0 Å². The van der Waals surface area contributed by atoms with Crippen LogP contribution in [-0.4, -0.2) is 42.0 Å². The molecule has 2 aromatic rings. The number of aryl methyl sites for hydroxylation is 1. The van der Waals surface area contributed by atoms with Crippen LogP contribution >= 0.6 is 0 Å². The van der Waals surface area contributed by atoms with Gasteiger partial charge in [-0.3, -0.25) is 19.7 Å². The second kappa shape index (κ2) is 5.76. The van der Waals surface area contributed by atoms with Gasteiger partial charge in [0.1, 0.15) is 0 Å². The highest BCUT2D eigenvalue weighted by atomic mass is 16.5. The molecule has 1 fully saturated rings. The van der Waals surface area contributed by atoms with Crippen LogP contribution in [0.5, 0.6) is 0 Å². The van der Waals surface area contributed by atoms with Crippen molar-refractivity contribution < 1.29 is 14.3 Å². The molecule has 0 aliphatic carbocycles. The van der Waals surface area contributed by atoms with E-state index in [1.165, 1.54) is 4.90 Å². The molecule has 1 N–H and O–H groups in total. The van der Waals surface area contributed by atoms with E-state index in [4.69, 9.17) is 4.74 Å². The molecular formula is C15H18N4O3. The summed E-state index contributed by atoms with van der Waals surface area (Å²) in [6.07, 6.45) is 0.282. The van der Waals surface area contributed by atoms with Gasteiger partial charge in [0.2, 0.25) is 5.91 Å². The molecule has 0 bridgehead atoms. The van der Waals surface area contributed by atoms with E-state index in [0.29, 0.717) is 25.5 Å². The quantitative estimate of drug-likeness (QED) is 0.927. The minimum atomic E-state index is -0.420. The average molecular weight is 302 g/mol. The summed E-state index contributed by atoms with van der Waals surface area (Å²) < 4.78 is 6.94. The number of benzene rings is 1. The number of fused-ring (bicyclic) bond motifs is 1. The molecule has 3 rings (SSSR count). The molecule has 1 aliphatic rings. The molecule has 1 aliphatic heterocycles. The molecule has 1 aromatic heterocycles. The van der Waals surface area contributed by atoms with Crippen molar-refractivity contribution >= 4 is 28.7 Å². The van der Waals surface area contributed by atoms with Crippen LogP contribution in [0.4, 0.5) is 10.6 Å². The number of carbonyl (C=O) groups excluding carboxylic acids is 2. The number of urea groups is 1. The molecule has 0 spiro atoms. The van der Waals surface area contributed by atoms with Crippen LogP contribution in [-0.2, 0) is 16.1 Å². The third-order valence-electron chi connectivity index (χ3n) is 3.70. The van der Waals surface area contributed by atoms with E-state index < -0.39 is 6.03 Å². The predicted molar refractivity (Wildman–Crippen MR) is 81.8 cm³/mol. The van der Waals surface area contributed by atoms with Gasteiger partial charge in [-0.25, -0.2) is 4.79 Å². The van der Waals surface area contributed by atoms with Crippen molar-refractivity contribution in [3.05, 3.63) is 23.8 Å². The molecule has 0 atom stereocenters. The van der Waals surface area contributed by atoms with Gasteiger partial charge in [-0.15, -0.1) is 0 Å². The lowest BCUT2D eigenvalue weighted by Gasteiger charge is -2.24. The number of nitrogens with one attached hydrogen (secondary N) is 1. The monoisotopic (exact) mass is 302 g/mol. The number of nitrogens with zero attached hydrogens (tertiary/aromatic N) is 3. The van der Waals surface area contributed by atoms with Crippen molar-refractivity contribution in [3.63, 3.8) is 0 Å². The minimum Gasteiger partial charge on any atom is -0.383 e. The maximum Gasteiger partial charge on any atom is 0.329 e. The van der Waals surface area contributed by atoms with E-state index in [-0.39, 0.29) is 12.3 Å². The molecule has 3 amide bonds. The Morgan fingerprint density at radius 3 is 2.91 bits per heavy atom. The van der Waals surface area contributed by atoms with E-state index in [1.54, 1.807) is 7.11 Å². The first-order chi connectivity index (χ1) is 10.6. The molecule has 2 heterocycles. The summed E-state index contributed by atoms with van der Waals surface area (Å²) in [4.78, 5) is 24.9. The van der Waals surface area contributed by atoms with Gasteiger partial charge in [-0.2, -0.15) is 5.10 Å². The molecule has 0 saturated carbocycles. The summed E-state index contributed by atoms with van der Waals surface area (Å²) in [5.41, 5.74) is 2.04. The van der Waals surface area contributed by atoms with Crippen molar-refractivity contribution in [2.75, 3.05) is 25.2 Å². The lowest BCUT2D eigenvalue weighted by Crippen LogP contribution is -2.49. The summed E-state index contributed by atoms with van der Waals surface area (Å²) >= 11 is 0. The molecule has 0 unspecified atom stereocenters. The molecule has 116 valence electrons. The average Bonchev–Trinajstić information content (AvgIpc) is 2.83. The first-order valence-electron chi connectivity index (χ1n) is 7.17. The van der Waals surface area contributed by atoms with Gasteiger partial charge in [-0.05, 0) is 19.1 Å². The van der Waals surface area contributed by atoms with E-state index in [0.717, 1.165) is 16.5 Å². The lowest BCUT2D eigenvalue weighted by molar-refractivity contribution is -0.120. The third-order valence-corrected chi connectivity index (χ3v) is 3.70. The minimum absolute atomic E-state index is 0.249. The normalized spacial score (nSPS) is 15.5. The maximum atomic E-state index is 12.1. The number of carbonyl (C=O) groups is 2. The zero-order chi connectivity index (χ0) is 15.7. The van der Waals surface area contributed by atoms with Gasteiger partial charge >= 0.3 is 6.03 Å². The van der Waals surface area contributed by atoms with E-state index in [1.807, 2.05) is 29.8 Å². The number of anilines is 1. The smallest absolute Gasteiger partial charge is 0.329 e. The Hall–Kier alpha value is -2.41. The van der Waals surface area contributed by atoms with Gasteiger partial charge in [0.05, 0.1) is 18.7 Å². The van der Waals surface area contributed by atoms with Crippen LogP contribution in [0, 0.1) is 6.92 Å². The van der Waals surface area contributed by atoms with E-state index >= 15 is 0 Å². The van der Waals surface area contributed by atoms with Gasteiger partial charge in [0.25, 0.3) is 0 Å². The van der Waals surface area contributed by atoms with Gasteiger partial charge in [0.15, 0.2) is 5.82 Å². The predicted octanol–water partition coefficient (Wildman–Crippen LogP) is 1.44. The van der Waals surface area contributed by atoms with Crippen molar-refractivity contribution in [1.29, 1.82) is 0 Å². The second-order valence-corrected chi connectivity index (χ2v) is 5.32. The topological polar surface area (TPSA) is 76.5 Å². The highest BCUT2D eigenvalue weighted by Crippen LogP contribution is 2.28. The number of imide groups is 1. The van der Waals surface area contributed by atoms with Crippen LogP contribution in [0.3, 0.4) is 0 Å². The number of rotatable bonds is 4. The molecular weight excluding hydrogens is 284 g/mol. The largest absolute Gasteiger partial charge is 0.383 e. The summed E-state index contributed by atoms with van der Waals surface area (Å²) in [6, 6.07) is 5.59. The molecule has 1 saturated heterocycles. The van der Waals surface area contributed by atoms with Gasteiger partial charge in [-0.1, -0.05) is 11.6 Å². The summed E-state index contributed by atoms with van der Waals surface area (Å²) in [5, 5.41) is 7.79. The fourth-order valence-corrected chi connectivity index (χ4v) is 2.59. The number of ether oxygens (including phenoxy) is 1. The number of hydrogen-bond donors (Lipinski definition) is 1. The van der Waals surface area contributed by atoms with E-state index in [9.17, 15) is 9.59 Å². The summed E-state index contributed by atoms with van der Waals surface area (Å²) in [7, 11) is 1.64. The zero-order valence-corrected chi connectivity index (χ0v) is 12.6. The standard InChI is InChI=1S/C15H18N4O3/c1-10-3-4-12-11(9-10)14(17-19(12)7-8-22-2)18-6-5-13(20)16-15(18)21/h3-4,9H,5-8H2,1-2H3,(H,16,20,21). The molecule has 7 heteroatoms. The number of amides is 3. The number of hydrogen-bond acceptors (Lipinski definition) is 4. The van der Waals surface area contributed by atoms with Crippen molar-refractivity contribution in [1.82, 2.24) is 15.1 Å². The van der Waals surface area contributed by atoms with Crippen molar-refractivity contribution in [2.24, 2.45) is 0 Å².